The van der Waals surface area contributed by atoms with Gasteiger partial charge in [0.25, 0.3) is 5.91 Å². The Hall–Kier alpha value is -1.28. The maximum atomic E-state index is 13.1. The molecular formula is C20H27N3O2S2. The maximum absolute atomic E-state index is 13.1. The zero-order valence-corrected chi connectivity index (χ0v) is 17.3. The lowest BCUT2D eigenvalue weighted by atomic mass is 10.1. The molecule has 2 aliphatic rings. The van der Waals surface area contributed by atoms with E-state index in [4.69, 9.17) is 9.72 Å². The molecule has 0 aromatic carbocycles. The summed E-state index contributed by atoms with van der Waals surface area (Å²) < 4.78 is 5.42. The van der Waals surface area contributed by atoms with Gasteiger partial charge in [0.1, 0.15) is 0 Å². The van der Waals surface area contributed by atoms with E-state index in [0.29, 0.717) is 12.5 Å². The molecule has 2 aromatic rings. The van der Waals surface area contributed by atoms with Crippen LogP contribution in [-0.4, -0.2) is 55.2 Å². The van der Waals surface area contributed by atoms with Crippen LogP contribution in [0, 0.1) is 0 Å². The Morgan fingerprint density at radius 3 is 2.81 bits per heavy atom. The van der Waals surface area contributed by atoms with Crippen molar-refractivity contribution in [2.45, 2.75) is 38.0 Å². The van der Waals surface area contributed by atoms with Gasteiger partial charge in [0.05, 0.1) is 23.8 Å². The first-order valence-electron chi connectivity index (χ1n) is 9.92. The molecule has 0 atom stereocenters. The molecule has 0 N–H and O–H groups in total. The van der Waals surface area contributed by atoms with Crippen molar-refractivity contribution in [2.75, 3.05) is 44.3 Å². The summed E-state index contributed by atoms with van der Waals surface area (Å²) in [6.45, 7) is 5.32. The molecule has 7 heteroatoms. The van der Waals surface area contributed by atoms with Gasteiger partial charge in [-0.3, -0.25) is 14.6 Å². The van der Waals surface area contributed by atoms with Gasteiger partial charge >= 0.3 is 0 Å². The van der Waals surface area contributed by atoms with Crippen LogP contribution >= 0.6 is 22.7 Å². The van der Waals surface area contributed by atoms with E-state index in [2.05, 4.69) is 10.3 Å². The molecule has 2 aromatic heterocycles. The Morgan fingerprint density at radius 1 is 1.26 bits per heavy atom. The maximum Gasteiger partial charge on any atom is 0.270 e. The highest BCUT2D eigenvalue weighted by atomic mass is 32.1. The number of carbonyl (C=O) groups is 1. The Morgan fingerprint density at radius 2 is 2.07 bits per heavy atom. The molecule has 1 aliphatic carbocycles. The van der Waals surface area contributed by atoms with E-state index in [0.717, 1.165) is 49.3 Å². The first-order chi connectivity index (χ1) is 13.3. The van der Waals surface area contributed by atoms with E-state index in [1.165, 1.54) is 42.7 Å². The zero-order chi connectivity index (χ0) is 18.5. The van der Waals surface area contributed by atoms with Crippen molar-refractivity contribution in [3.05, 3.63) is 33.5 Å². The number of amides is 1. The normalized spacial score (nSPS) is 18.8. The zero-order valence-electron chi connectivity index (χ0n) is 15.6. The van der Waals surface area contributed by atoms with Gasteiger partial charge in [0.2, 0.25) is 0 Å². The predicted octanol–water partition coefficient (Wildman–Crippen LogP) is 4.23. The van der Waals surface area contributed by atoms with Crippen LogP contribution in [0.25, 0.3) is 0 Å². The first-order valence-corrected chi connectivity index (χ1v) is 11.7. The summed E-state index contributed by atoms with van der Waals surface area (Å²) in [5, 5.41) is 4.99. The lowest BCUT2D eigenvalue weighted by Crippen LogP contribution is -2.39. The summed E-state index contributed by atoms with van der Waals surface area (Å²) in [4.78, 5) is 23.1. The largest absolute Gasteiger partial charge is 0.379 e. The van der Waals surface area contributed by atoms with Crippen LogP contribution in [0.2, 0.25) is 0 Å². The van der Waals surface area contributed by atoms with Crippen LogP contribution in [0.5, 0.6) is 0 Å². The minimum atomic E-state index is 0.0827. The molecule has 0 radical (unpaired) electrons. The fraction of sp³-hybridized carbons (Fsp3) is 0.600. The highest BCUT2D eigenvalue weighted by Crippen LogP contribution is 2.36. The van der Waals surface area contributed by atoms with Gasteiger partial charge in [-0.1, -0.05) is 18.9 Å². The fourth-order valence-corrected chi connectivity index (χ4v) is 5.51. The summed E-state index contributed by atoms with van der Waals surface area (Å²) in [5.74, 6) is 0.668. The summed E-state index contributed by atoms with van der Waals surface area (Å²) >= 11 is 3.13. The minimum absolute atomic E-state index is 0.0827. The molecule has 1 saturated heterocycles. The Bertz CT molecular complexity index is 719. The summed E-state index contributed by atoms with van der Waals surface area (Å²) in [5.41, 5.74) is 1.18. The van der Waals surface area contributed by atoms with Crippen LogP contribution in [0.1, 0.15) is 53.4 Å². The highest BCUT2D eigenvalue weighted by Gasteiger charge is 2.25. The van der Waals surface area contributed by atoms with Crippen molar-refractivity contribution in [3.8, 4) is 0 Å². The third-order valence-electron chi connectivity index (χ3n) is 5.45. The topological polar surface area (TPSA) is 45.7 Å². The fourth-order valence-electron chi connectivity index (χ4n) is 3.90. The van der Waals surface area contributed by atoms with E-state index in [1.807, 2.05) is 22.4 Å². The van der Waals surface area contributed by atoms with Crippen molar-refractivity contribution < 1.29 is 9.53 Å². The number of carbonyl (C=O) groups excluding carboxylic acids is 1. The second-order valence-corrected chi connectivity index (χ2v) is 9.06. The summed E-state index contributed by atoms with van der Waals surface area (Å²) in [7, 11) is 0. The summed E-state index contributed by atoms with van der Waals surface area (Å²) in [6, 6.07) is 3.85. The molecule has 4 rings (SSSR count). The van der Waals surface area contributed by atoms with Crippen LogP contribution < -0.4 is 4.90 Å². The van der Waals surface area contributed by atoms with E-state index in [9.17, 15) is 4.79 Å². The number of hydrogen-bond donors (Lipinski definition) is 0. The van der Waals surface area contributed by atoms with Gasteiger partial charge in [-0.15, -0.1) is 22.7 Å². The van der Waals surface area contributed by atoms with Crippen LogP contribution in [-0.2, 0) is 4.74 Å². The third-order valence-corrected chi connectivity index (χ3v) is 7.19. The van der Waals surface area contributed by atoms with Crippen molar-refractivity contribution in [1.29, 1.82) is 0 Å². The molecule has 2 fully saturated rings. The van der Waals surface area contributed by atoms with Gasteiger partial charge in [0.15, 0.2) is 5.13 Å². The monoisotopic (exact) mass is 405 g/mol. The SMILES string of the molecule is O=C(c1cccs1)N(CCCN1CCOCC1)c1nc(C2CCCC2)cs1. The molecular weight excluding hydrogens is 378 g/mol. The standard InChI is InChI=1S/C20H27N3O2S2/c24-19(18-7-3-14-26-18)23(9-4-8-22-10-12-25-13-11-22)20-21-17(15-27-20)16-5-1-2-6-16/h3,7,14-16H,1-2,4-6,8-13H2. The van der Waals surface area contributed by atoms with Crippen molar-refractivity contribution in [2.24, 2.45) is 0 Å². The van der Waals surface area contributed by atoms with E-state index in [-0.39, 0.29) is 5.91 Å². The van der Waals surface area contributed by atoms with E-state index >= 15 is 0 Å². The second kappa shape index (κ2) is 9.28. The molecule has 1 amide bonds. The summed E-state index contributed by atoms with van der Waals surface area (Å²) in [6.07, 6.45) is 6.03. The Balaban J connectivity index is 1.44. The molecule has 146 valence electrons. The van der Waals surface area contributed by atoms with Gasteiger partial charge in [-0.05, 0) is 30.7 Å². The lowest BCUT2D eigenvalue weighted by molar-refractivity contribution is 0.0376. The predicted molar refractivity (Wildman–Crippen MR) is 111 cm³/mol. The number of thiazole rings is 1. The second-order valence-electron chi connectivity index (χ2n) is 7.28. The van der Waals surface area contributed by atoms with Crippen LogP contribution in [0.3, 0.4) is 0 Å². The molecule has 1 aliphatic heterocycles. The number of ether oxygens (including phenoxy) is 1. The number of morpholine rings is 1. The smallest absolute Gasteiger partial charge is 0.270 e. The molecule has 0 bridgehead atoms. The molecule has 27 heavy (non-hydrogen) atoms. The average Bonchev–Trinajstić information content (AvgIpc) is 3.47. The number of anilines is 1. The van der Waals surface area contributed by atoms with Crippen LogP contribution in [0.4, 0.5) is 5.13 Å². The average molecular weight is 406 g/mol. The Labute approximate surface area is 169 Å². The van der Waals surface area contributed by atoms with E-state index < -0.39 is 0 Å². The van der Waals surface area contributed by atoms with Gasteiger partial charge in [-0.25, -0.2) is 4.98 Å². The van der Waals surface area contributed by atoms with Crippen molar-refractivity contribution in [1.82, 2.24) is 9.88 Å². The van der Waals surface area contributed by atoms with Crippen molar-refractivity contribution in [3.63, 3.8) is 0 Å². The Kier molecular flexibility index (Phi) is 6.55. The number of hydrogen-bond acceptors (Lipinski definition) is 6. The number of nitrogens with zero attached hydrogens (tertiary/aromatic N) is 3. The number of aromatic nitrogens is 1. The quantitative estimate of drug-likeness (QED) is 0.691. The molecule has 5 nitrogen and oxygen atoms in total. The number of rotatable bonds is 7. The minimum Gasteiger partial charge on any atom is -0.379 e. The van der Waals surface area contributed by atoms with Crippen LogP contribution in [0.15, 0.2) is 22.9 Å². The van der Waals surface area contributed by atoms with Gasteiger partial charge < -0.3 is 4.74 Å². The molecule has 0 unspecified atom stereocenters. The van der Waals surface area contributed by atoms with E-state index in [1.54, 1.807) is 11.3 Å². The highest BCUT2D eigenvalue weighted by molar-refractivity contribution is 7.14. The van der Waals surface area contributed by atoms with Gasteiger partial charge in [0, 0.05) is 37.5 Å². The van der Waals surface area contributed by atoms with Gasteiger partial charge in [-0.2, -0.15) is 0 Å². The third kappa shape index (κ3) is 4.77. The van der Waals surface area contributed by atoms with Crippen molar-refractivity contribution >= 4 is 33.7 Å². The molecule has 3 heterocycles. The number of thiophene rings is 1. The molecule has 1 saturated carbocycles. The molecule has 0 spiro atoms. The first kappa shape index (κ1) is 19.1. The lowest BCUT2D eigenvalue weighted by Gasteiger charge is -2.27.